The van der Waals surface area contributed by atoms with Crippen molar-refractivity contribution in [2.75, 3.05) is 36.1 Å². The average Bonchev–Trinajstić information content (AvgIpc) is 3.64. The third-order valence-corrected chi connectivity index (χ3v) is 8.60. The Morgan fingerprint density at radius 1 is 0.729 bits per heavy atom. The molecule has 9 nitrogen and oxygen atoms in total. The second-order valence-electron chi connectivity index (χ2n) is 11.3. The lowest BCUT2D eigenvalue weighted by Crippen LogP contribution is -2.61. The number of ether oxygens (including phenoxy) is 3. The van der Waals surface area contributed by atoms with E-state index in [0.29, 0.717) is 52.7 Å². The summed E-state index contributed by atoms with van der Waals surface area (Å²) in [7, 11) is 4.35. The first-order chi connectivity index (χ1) is 23.4. The molecule has 2 heterocycles. The molecule has 244 valence electrons. The molecule has 9 heteroatoms. The Balaban J connectivity index is 1.83. The van der Waals surface area contributed by atoms with Gasteiger partial charge in [-0.05, 0) is 61.9 Å². The molecule has 0 amide bonds. The molecule has 48 heavy (non-hydrogen) atoms. The highest BCUT2D eigenvalue weighted by Gasteiger charge is 2.65. The van der Waals surface area contributed by atoms with Gasteiger partial charge in [0.05, 0.1) is 38.3 Å². The van der Waals surface area contributed by atoms with Gasteiger partial charge in [0.25, 0.3) is 0 Å². The van der Waals surface area contributed by atoms with Crippen molar-refractivity contribution in [3.8, 4) is 5.75 Å². The molecule has 2 aliphatic heterocycles. The zero-order valence-electron chi connectivity index (χ0n) is 27.7. The molecule has 0 N–H and O–H groups in total. The summed E-state index contributed by atoms with van der Waals surface area (Å²) >= 11 is 0. The van der Waals surface area contributed by atoms with E-state index in [-0.39, 0.29) is 0 Å². The predicted octanol–water partition coefficient (Wildman–Crippen LogP) is 7.27. The van der Waals surface area contributed by atoms with Crippen molar-refractivity contribution in [3.05, 3.63) is 143 Å². The minimum atomic E-state index is -1.55. The van der Waals surface area contributed by atoms with E-state index in [0.717, 1.165) is 16.9 Å². The highest BCUT2D eigenvalue weighted by atomic mass is 16.5. The number of carbonyl (C=O) groups excluding carboxylic acids is 2. The van der Waals surface area contributed by atoms with Crippen LogP contribution in [0.5, 0.6) is 5.75 Å². The van der Waals surface area contributed by atoms with Crippen LogP contribution in [0.15, 0.2) is 143 Å². The molecular weight excluding hydrogens is 604 g/mol. The largest absolute Gasteiger partial charge is 0.497 e. The van der Waals surface area contributed by atoms with Crippen LogP contribution in [0, 0.1) is 0 Å². The topological polar surface area (TPSA) is 83.9 Å². The Morgan fingerprint density at radius 3 is 1.85 bits per heavy atom. The number of methoxy groups -OCH3 is 3. The van der Waals surface area contributed by atoms with Gasteiger partial charge in [0, 0.05) is 22.6 Å². The predicted molar refractivity (Wildman–Crippen MR) is 188 cm³/mol. The van der Waals surface area contributed by atoms with E-state index in [4.69, 9.17) is 19.3 Å². The Bertz CT molecular complexity index is 1890. The van der Waals surface area contributed by atoms with Crippen molar-refractivity contribution in [2.24, 2.45) is 5.10 Å². The highest BCUT2D eigenvalue weighted by molar-refractivity contribution is 6.18. The van der Waals surface area contributed by atoms with Crippen molar-refractivity contribution < 1.29 is 23.8 Å². The van der Waals surface area contributed by atoms with Gasteiger partial charge >= 0.3 is 11.9 Å². The number of para-hydroxylation sites is 2. The number of benzene rings is 4. The molecule has 1 atom stereocenters. The number of esters is 2. The molecule has 1 unspecified atom stereocenters. The van der Waals surface area contributed by atoms with Gasteiger partial charge in [0.1, 0.15) is 11.3 Å². The summed E-state index contributed by atoms with van der Waals surface area (Å²) < 4.78 is 16.6. The minimum absolute atomic E-state index is 0.298. The van der Waals surface area contributed by atoms with Crippen molar-refractivity contribution >= 4 is 34.8 Å². The number of nitrogens with zero attached hydrogens (tertiary/aromatic N) is 4. The molecule has 0 radical (unpaired) electrons. The van der Waals surface area contributed by atoms with Gasteiger partial charge in [-0.1, -0.05) is 80.1 Å². The first-order valence-corrected chi connectivity index (χ1v) is 15.8. The summed E-state index contributed by atoms with van der Waals surface area (Å²) in [6.45, 7) is 3.79. The first kappa shape index (κ1) is 32.1. The number of allylic oxidation sites excluding steroid dienone is 1. The fraction of sp³-hybridized carbons (Fsp3) is 0.205. The van der Waals surface area contributed by atoms with E-state index in [1.54, 1.807) is 14.0 Å². The van der Waals surface area contributed by atoms with Crippen molar-refractivity contribution in [1.29, 1.82) is 0 Å². The van der Waals surface area contributed by atoms with Gasteiger partial charge in [-0.25, -0.2) is 14.6 Å². The van der Waals surface area contributed by atoms with Crippen LogP contribution in [0.4, 0.5) is 17.1 Å². The van der Waals surface area contributed by atoms with Crippen LogP contribution in [0.1, 0.15) is 32.3 Å². The molecule has 2 aliphatic rings. The zero-order valence-corrected chi connectivity index (χ0v) is 27.7. The molecule has 4 aromatic carbocycles. The molecule has 4 aromatic rings. The van der Waals surface area contributed by atoms with Gasteiger partial charge in [-0.3, -0.25) is 4.90 Å². The van der Waals surface area contributed by atoms with Gasteiger partial charge in [0.2, 0.25) is 5.66 Å². The van der Waals surface area contributed by atoms with Crippen molar-refractivity contribution in [3.63, 3.8) is 0 Å². The van der Waals surface area contributed by atoms with E-state index < -0.39 is 17.6 Å². The molecule has 0 aromatic heterocycles. The number of amidine groups is 1. The monoisotopic (exact) mass is 642 g/mol. The normalized spacial score (nSPS) is 18.3. The van der Waals surface area contributed by atoms with Crippen LogP contribution < -0.4 is 19.5 Å². The standard InChI is InChI=1S/C39H38N4O5/c1-6-16-33-34(38(45)48-5)39(35(27(2)37(44)47-4)41(33)29-23-25-32(46-3)26-24-29)42(30-19-12-8-13-20-30)36(28-17-10-7-11-18-28)40-43(39)31-21-14-9-15-22-31/h7-15,17-26H,6,16H2,1-5H3/b35-27+. The van der Waals surface area contributed by atoms with Crippen molar-refractivity contribution in [2.45, 2.75) is 32.4 Å². The fourth-order valence-electron chi connectivity index (χ4n) is 6.61. The Morgan fingerprint density at radius 2 is 1.31 bits per heavy atom. The first-order valence-electron chi connectivity index (χ1n) is 15.8. The maximum Gasteiger partial charge on any atom is 0.340 e. The number of hydrazone groups is 1. The Labute approximate surface area is 280 Å². The molecule has 0 fully saturated rings. The smallest absolute Gasteiger partial charge is 0.340 e. The van der Waals surface area contributed by atoms with Gasteiger partial charge in [-0.2, -0.15) is 5.10 Å². The number of hydrogen-bond donors (Lipinski definition) is 0. The summed E-state index contributed by atoms with van der Waals surface area (Å²) in [5.74, 6) is 0.161. The zero-order chi connectivity index (χ0) is 33.8. The summed E-state index contributed by atoms with van der Waals surface area (Å²) in [6.07, 6.45) is 1.19. The highest BCUT2D eigenvalue weighted by Crippen LogP contribution is 2.56. The van der Waals surface area contributed by atoms with Gasteiger partial charge in [0.15, 0.2) is 5.84 Å². The van der Waals surface area contributed by atoms with E-state index in [9.17, 15) is 9.59 Å². The number of rotatable bonds is 9. The molecule has 0 saturated heterocycles. The lowest BCUT2D eigenvalue weighted by molar-refractivity contribution is -0.137. The van der Waals surface area contributed by atoms with Crippen LogP contribution >= 0.6 is 0 Å². The SMILES string of the molecule is CCCC1=C(C(=O)OC)C2(/C(=C(/C)C(=O)OC)N1c1ccc(OC)cc1)N(c1ccccc1)N=C(c1ccccc1)N2c1ccccc1. The summed E-state index contributed by atoms with van der Waals surface area (Å²) in [4.78, 5) is 32.4. The molecule has 1 spiro atoms. The minimum Gasteiger partial charge on any atom is -0.497 e. The van der Waals surface area contributed by atoms with E-state index >= 15 is 0 Å². The summed E-state index contributed by atoms with van der Waals surface area (Å²) in [6, 6.07) is 36.8. The van der Waals surface area contributed by atoms with Gasteiger partial charge in [-0.15, -0.1) is 0 Å². The maximum absolute atomic E-state index is 14.6. The van der Waals surface area contributed by atoms with Gasteiger partial charge < -0.3 is 19.1 Å². The summed E-state index contributed by atoms with van der Waals surface area (Å²) in [5.41, 5.74) is 3.25. The molecule has 0 aliphatic carbocycles. The Hall–Kier alpha value is -5.83. The second kappa shape index (κ2) is 13.5. The number of hydrogen-bond acceptors (Lipinski definition) is 9. The second-order valence-corrected chi connectivity index (χ2v) is 11.3. The van der Waals surface area contributed by atoms with Crippen LogP contribution in [-0.2, 0) is 19.1 Å². The lowest BCUT2D eigenvalue weighted by atomic mass is 9.90. The maximum atomic E-state index is 14.6. The van der Waals surface area contributed by atoms with E-state index in [2.05, 4.69) is 6.92 Å². The van der Waals surface area contributed by atoms with E-state index in [1.165, 1.54) is 14.2 Å². The molecular formula is C39H38N4O5. The van der Waals surface area contributed by atoms with Crippen LogP contribution in [0.3, 0.4) is 0 Å². The summed E-state index contributed by atoms with van der Waals surface area (Å²) in [5, 5.41) is 7.20. The molecule has 6 rings (SSSR count). The van der Waals surface area contributed by atoms with Crippen LogP contribution in [0.2, 0.25) is 0 Å². The van der Waals surface area contributed by atoms with Crippen molar-refractivity contribution in [1.82, 2.24) is 0 Å². The average molecular weight is 643 g/mol. The lowest BCUT2D eigenvalue weighted by Gasteiger charge is -2.45. The Kier molecular flexibility index (Phi) is 9.03. The fourth-order valence-corrected chi connectivity index (χ4v) is 6.61. The van der Waals surface area contributed by atoms with Crippen LogP contribution in [-0.4, -0.2) is 44.8 Å². The van der Waals surface area contributed by atoms with Crippen LogP contribution in [0.25, 0.3) is 0 Å². The molecule has 0 saturated carbocycles. The quantitative estimate of drug-likeness (QED) is 0.139. The van der Waals surface area contributed by atoms with E-state index in [1.807, 2.05) is 130 Å². The number of carbonyl (C=O) groups is 2. The third kappa shape index (κ3) is 5.17. The third-order valence-electron chi connectivity index (χ3n) is 8.60. The number of anilines is 3. The molecule has 0 bridgehead atoms.